The smallest absolute Gasteiger partial charge is 0.00670 e. The van der Waals surface area contributed by atoms with Gasteiger partial charge in [-0.15, -0.1) is 0 Å². The molecule has 0 radical (unpaired) electrons. The lowest BCUT2D eigenvalue weighted by Crippen LogP contribution is -2.30. The summed E-state index contributed by atoms with van der Waals surface area (Å²) in [4.78, 5) is 0. The lowest BCUT2D eigenvalue weighted by molar-refractivity contribution is 0.398. The van der Waals surface area contributed by atoms with Gasteiger partial charge in [-0.3, -0.25) is 0 Å². The van der Waals surface area contributed by atoms with E-state index < -0.39 is 0 Å². The van der Waals surface area contributed by atoms with E-state index in [9.17, 15) is 0 Å². The van der Waals surface area contributed by atoms with Crippen LogP contribution in [0.3, 0.4) is 0 Å². The Kier molecular flexibility index (Phi) is 11.4. The third-order valence-corrected chi connectivity index (χ3v) is 5.01. The minimum atomic E-state index is 0.802. The van der Waals surface area contributed by atoms with Crippen LogP contribution in [0.2, 0.25) is 0 Å². The van der Waals surface area contributed by atoms with E-state index in [1.165, 1.54) is 96.4 Å². The van der Waals surface area contributed by atoms with Crippen molar-refractivity contribution in [3.63, 3.8) is 0 Å². The van der Waals surface area contributed by atoms with Crippen molar-refractivity contribution < 1.29 is 0 Å². The monoisotopic (exact) mass is 281 g/mol. The van der Waals surface area contributed by atoms with Crippen LogP contribution in [0.1, 0.15) is 104 Å². The van der Waals surface area contributed by atoms with Crippen LogP contribution in [0.5, 0.6) is 0 Å². The van der Waals surface area contributed by atoms with Crippen LogP contribution in [-0.2, 0) is 0 Å². The standard InChI is InChI=1S/C19H39N/c1-3-5-7-15-19(16-8-6-4-2)20-17-11-14-18-12-9-10-13-18/h18-20H,3-17H2,1-2H3. The van der Waals surface area contributed by atoms with Crippen molar-refractivity contribution in [3.8, 4) is 0 Å². The van der Waals surface area contributed by atoms with E-state index in [4.69, 9.17) is 0 Å². The first-order chi connectivity index (χ1) is 9.86. The normalized spacial score (nSPS) is 16.4. The SMILES string of the molecule is CCCCCC(CCCCC)NCCCC1CCCC1. The molecule has 20 heavy (non-hydrogen) atoms. The molecule has 1 aliphatic rings. The molecule has 0 saturated heterocycles. The zero-order valence-electron chi connectivity index (χ0n) is 14.3. The molecule has 120 valence electrons. The molecule has 0 spiro atoms. The molecular formula is C19H39N. The van der Waals surface area contributed by atoms with Gasteiger partial charge in [0.1, 0.15) is 0 Å². The Morgan fingerprint density at radius 3 is 2.00 bits per heavy atom. The number of nitrogens with one attached hydrogen (secondary N) is 1. The Morgan fingerprint density at radius 1 is 0.850 bits per heavy atom. The van der Waals surface area contributed by atoms with Crippen molar-refractivity contribution in [2.75, 3.05) is 6.54 Å². The number of rotatable bonds is 13. The van der Waals surface area contributed by atoms with Crippen LogP contribution in [0.15, 0.2) is 0 Å². The van der Waals surface area contributed by atoms with Crippen molar-refractivity contribution >= 4 is 0 Å². The highest BCUT2D eigenvalue weighted by Crippen LogP contribution is 2.28. The summed E-state index contributed by atoms with van der Waals surface area (Å²) in [6.07, 6.45) is 20.1. The largest absolute Gasteiger partial charge is 0.314 e. The first-order valence-electron chi connectivity index (χ1n) is 9.60. The van der Waals surface area contributed by atoms with Crippen LogP contribution in [0.4, 0.5) is 0 Å². The van der Waals surface area contributed by atoms with Gasteiger partial charge in [0.05, 0.1) is 0 Å². The molecule has 1 rings (SSSR count). The minimum absolute atomic E-state index is 0.802. The lowest BCUT2D eigenvalue weighted by Gasteiger charge is -2.19. The van der Waals surface area contributed by atoms with Crippen LogP contribution in [-0.4, -0.2) is 12.6 Å². The maximum Gasteiger partial charge on any atom is 0.00670 e. The molecule has 1 N–H and O–H groups in total. The third-order valence-electron chi connectivity index (χ3n) is 5.01. The molecular weight excluding hydrogens is 242 g/mol. The maximum atomic E-state index is 3.86. The van der Waals surface area contributed by atoms with Crippen molar-refractivity contribution in [1.29, 1.82) is 0 Å². The fraction of sp³-hybridized carbons (Fsp3) is 1.00. The zero-order valence-corrected chi connectivity index (χ0v) is 14.3. The van der Waals surface area contributed by atoms with E-state index >= 15 is 0 Å². The molecule has 0 aromatic heterocycles. The van der Waals surface area contributed by atoms with E-state index in [0.29, 0.717) is 0 Å². The van der Waals surface area contributed by atoms with Crippen LogP contribution in [0.25, 0.3) is 0 Å². The van der Waals surface area contributed by atoms with E-state index in [2.05, 4.69) is 19.2 Å². The molecule has 0 heterocycles. The van der Waals surface area contributed by atoms with E-state index in [1.54, 1.807) is 0 Å². The van der Waals surface area contributed by atoms with Gasteiger partial charge in [-0.2, -0.15) is 0 Å². The van der Waals surface area contributed by atoms with Gasteiger partial charge in [0.25, 0.3) is 0 Å². The number of unbranched alkanes of at least 4 members (excludes halogenated alkanes) is 4. The fourth-order valence-electron chi connectivity index (χ4n) is 3.63. The summed E-state index contributed by atoms with van der Waals surface area (Å²) in [6.45, 7) is 5.88. The summed E-state index contributed by atoms with van der Waals surface area (Å²) in [6, 6.07) is 0.802. The Hall–Kier alpha value is -0.0400. The second kappa shape index (κ2) is 12.7. The van der Waals surface area contributed by atoms with Crippen LogP contribution < -0.4 is 5.32 Å². The number of hydrogen-bond donors (Lipinski definition) is 1. The van der Waals surface area contributed by atoms with Gasteiger partial charge >= 0.3 is 0 Å². The highest BCUT2D eigenvalue weighted by Gasteiger charge is 2.14. The average molecular weight is 282 g/mol. The topological polar surface area (TPSA) is 12.0 Å². The molecule has 0 aromatic carbocycles. The minimum Gasteiger partial charge on any atom is -0.314 e. The molecule has 1 aliphatic carbocycles. The summed E-state index contributed by atoms with van der Waals surface area (Å²) in [5.74, 6) is 1.07. The predicted octanol–water partition coefficient (Wildman–Crippen LogP) is 6.08. The van der Waals surface area contributed by atoms with Gasteiger partial charge in [-0.25, -0.2) is 0 Å². The molecule has 1 nitrogen and oxygen atoms in total. The zero-order chi connectivity index (χ0) is 14.5. The molecule has 0 atom stereocenters. The molecule has 0 unspecified atom stereocenters. The number of hydrogen-bond acceptors (Lipinski definition) is 1. The van der Waals surface area contributed by atoms with Gasteiger partial charge in [-0.1, -0.05) is 78.1 Å². The quantitative estimate of drug-likeness (QED) is 0.404. The van der Waals surface area contributed by atoms with Crippen molar-refractivity contribution in [2.45, 2.75) is 110 Å². The Bertz CT molecular complexity index is 186. The Morgan fingerprint density at radius 2 is 1.45 bits per heavy atom. The summed E-state index contributed by atoms with van der Waals surface area (Å²) < 4.78 is 0. The van der Waals surface area contributed by atoms with Gasteiger partial charge in [0.2, 0.25) is 0 Å². The van der Waals surface area contributed by atoms with Gasteiger partial charge < -0.3 is 5.32 Å². The molecule has 1 fully saturated rings. The van der Waals surface area contributed by atoms with Crippen molar-refractivity contribution in [3.05, 3.63) is 0 Å². The molecule has 0 aromatic rings. The van der Waals surface area contributed by atoms with Crippen LogP contribution in [0, 0.1) is 5.92 Å². The average Bonchev–Trinajstić information content (AvgIpc) is 2.96. The second-order valence-electron chi connectivity index (χ2n) is 6.94. The molecule has 1 heteroatoms. The third kappa shape index (κ3) is 9.00. The maximum absolute atomic E-state index is 3.86. The van der Waals surface area contributed by atoms with E-state index in [0.717, 1.165) is 12.0 Å². The van der Waals surface area contributed by atoms with Crippen molar-refractivity contribution in [1.82, 2.24) is 5.32 Å². The van der Waals surface area contributed by atoms with Crippen molar-refractivity contribution in [2.24, 2.45) is 5.92 Å². The first kappa shape index (κ1) is 18.0. The highest BCUT2D eigenvalue weighted by atomic mass is 14.9. The molecule has 1 saturated carbocycles. The van der Waals surface area contributed by atoms with Gasteiger partial charge in [-0.05, 0) is 38.1 Å². The summed E-state index contributed by atoms with van der Waals surface area (Å²) >= 11 is 0. The molecule has 0 bridgehead atoms. The summed E-state index contributed by atoms with van der Waals surface area (Å²) in [5.41, 5.74) is 0. The fourth-order valence-corrected chi connectivity index (χ4v) is 3.63. The first-order valence-corrected chi connectivity index (χ1v) is 9.60. The Labute approximate surface area is 128 Å². The van der Waals surface area contributed by atoms with E-state index in [1.807, 2.05) is 0 Å². The van der Waals surface area contributed by atoms with E-state index in [-0.39, 0.29) is 0 Å². The predicted molar refractivity (Wildman–Crippen MR) is 91.3 cm³/mol. The Balaban J connectivity index is 2.06. The highest BCUT2D eigenvalue weighted by molar-refractivity contribution is 4.70. The summed E-state index contributed by atoms with van der Waals surface area (Å²) in [5, 5.41) is 3.86. The molecule has 0 amide bonds. The van der Waals surface area contributed by atoms with Gasteiger partial charge in [0.15, 0.2) is 0 Å². The second-order valence-corrected chi connectivity index (χ2v) is 6.94. The van der Waals surface area contributed by atoms with Crippen LogP contribution >= 0.6 is 0 Å². The molecule has 0 aliphatic heterocycles. The lowest BCUT2D eigenvalue weighted by atomic mass is 10.00. The summed E-state index contributed by atoms with van der Waals surface area (Å²) in [7, 11) is 0. The van der Waals surface area contributed by atoms with Gasteiger partial charge in [0, 0.05) is 6.04 Å².